The molecule has 0 saturated carbocycles. The predicted molar refractivity (Wildman–Crippen MR) is 88.5 cm³/mol. The van der Waals surface area contributed by atoms with Crippen LogP contribution < -0.4 is 5.32 Å². The molecular formula is C18H23F3N2O3. The van der Waals surface area contributed by atoms with Gasteiger partial charge in [-0.3, -0.25) is 4.84 Å². The summed E-state index contributed by atoms with van der Waals surface area (Å²) < 4.78 is 44.7. The summed E-state index contributed by atoms with van der Waals surface area (Å²) in [5.74, 6) is 0. The number of nitrogens with one attached hydrogen (secondary N) is 1. The van der Waals surface area contributed by atoms with Gasteiger partial charge in [0.05, 0.1) is 18.7 Å². The van der Waals surface area contributed by atoms with Crippen LogP contribution in [-0.2, 0) is 21.2 Å². The van der Waals surface area contributed by atoms with E-state index in [-0.39, 0.29) is 12.6 Å². The van der Waals surface area contributed by atoms with Crippen LogP contribution in [0, 0.1) is 0 Å². The average Bonchev–Trinajstić information content (AvgIpc) is 2.67. The number of ether oxygens (including phenoxy) is 1. The normalized spacial score (nSPS) is 20.7. The molecule has 2 heterocycles. The van der Waals surface area contributed by atoms with E-state index in [0.717, 1.165) is 18.9 Å². The standard InChI is InChI=1S/C18H23F3N2O3/c19-18(20,21)15-5-3-4-14(12-15)17(6-10-25-11-7-17)13-22-16(24)23-8-1-2-9-26-23/h3-5,12H,1-2,6-11,13H2,(H,22,24). The van der Waals surface area contributed by atoms with Gasteiger partial charge in [-0.15, -0.1) is 0 Å². The van der Waals surface area contributed by atoms with Crippen molar-refractivity contribution >= 4 is 6.03 Å². The first-order valence-corrected chi connectivity index (χ1v) is 8.85. The van der Waals surface area contributed by atoms with Gasteiger partial charge in [0, 0.05) is 25.2 Å². The number of nitrogens with zero attached hydrogens (tertiary/aromatic N) is 1. The summed E-state index contributed by atoms with van der Waals surface area (Å²) in [4.78, 5) is 17.6. The van der Waals surface area contributed by atoms with Gasteiger partial charge in [0.15, 0.2) is 0 Å². The Bertz CT molecular complexity index is 624. The molecular weight excluding hydrogens is 349 g/mol. The van der Waals surface area contributed by atoms with Crippen LogP contribution in [0.4, 0.5) is 18.0 Å². The van der Waals surface area contributed by atoms with Crippen molar-refractivity contribution in [3.05, 3.63) is 35.4 Å². The number of hydrogen-bond acceptors (Lipinski definition) is 3. The molecule has 0 atom stereocenters. The number of hydroxylamine groups is 2. The zero-order valence-corrected chi connectivity index (χ0v) is 14.5. The summed E-state index contributed by atoms with van der Waals surface area (Å²) in [6.45, 7) is 2.17. The fourth-order valence-electron chi connectivity index (χ4n) is 3.44. The van der Waals surface area contributed by atoms with E-state index >= 15 is 0 Å². The Hall–Kier alpha value is -1.80. The molecule has 8 heteroatoms. The highest BCUT2D eigenvalue weighted by atomic mass is 19.4. The van der Waals surface area contributed by atoms with E-state index in [1.54, 1.807) is 6.07 Å². The molecule has 26 heavy (non-hydrogen) atoms. The van der Waals surface area contributed by atoms with Crippen molar-refractivity contribution in [3.63, 3.8) is 0 Å². The zero-order chi connectivity index (χ0) is 18.6. The minimum atomic E-state index is -4.40. The fourth-order valence-corrected chi connectivity index (χ4v) is 3.44. The van der Waals surface area contributed by atoms with Crippen LogP contribution in [0.25, 0.3) is 0 Å². The molecule has 1 aromatic rings. The van der Waals surface area contributed by atoms with Gasteiger partial charge in [-0.05, 0) is 37.3 Å². The third-order valence-corrected chi connectivity index (χ3v) is 5.06. The number of benzene rings is 1. The first-order chi connectivity index (χ1) is 12.4. The largest absolute Gasteiger partial charge is 0.416 e. The summed E-state index contributed by atoms with van der Waals surface area (Å²) in [5, 5.41) is 4.14. The van der Waals surface area contributed by atoms with Gasteiger partial charge >= 0.3 is 12.2 Å². The van der Waals surface area contributed by atoms with E-state index in [1.165, 1.54) is 17.2 Å². The van der Waals surface area contributed by atoms with Crippen LogP contribution in [0.2, 0.25) is 0 Å². The number of carbonyl (C=O) groups is 1. The molecule has 0 radical (unpaired) electrons. The van der Waals surface area contributed by atoms with Crippen LogP contribution >= 0.6 is 0 Å². The summed E-state index contributed by atoms with van der Waals surface area (Å²) in [6, 6.07) is 5.03. The second-order valence-electron chi connectivity index (χ2n) is 6.77. The van der Waals surface area contributed by atoms with Crippen molar-refractivity contribution in [1.29, 1.82) is 0 Å². The maximum absolute atomic E-state index is 13.1. The molecule has 144 valence electrons. The number of carbonyl (C=O) groups excluding carboxylic acids is 1. The molecule has 1 aromatic carbocycles. The van der Waals surface area contributed by atoms with Crippen LogP contribution in [0.3, 0.4) is 0 Å². The second kappa shape index (κ2) is 7.84. The van der Waals surface area contributed by atoms with Crippen molar-refractivity contribution in [2.75, 3.05) is 32.9 Å². The maximum Gasteiger partial charge on any atom is 0.416 e. The predicted octanol–water partition coefficient (Wildman–Crippen LogP) is 3.49. The summed E-state index contributed by atoms with van der Waals surface area (Å²) in [6.07, 6.45) is -1.51. The Morgan fingerprint density at radius 2 is 1.96 bits per heavy atom. The second-order valence-corrected chi connectivity index (χ2v) is 6.77. The van der Waals surface area contributed by atoms with Crippen molar-refractivity contribution < 1.29 is 27.5 Å². The lowest BCUT2D eigenvalue weighted by atomic mass is 9.73. The molecule has 2 fully saturated rings. The van der Waals surface area contributed by atoms with E-state index in [0.29, 0.717) is 44.8 Å². The molecule has 2 saturated heterocycles. The minimum absolute atomic E-state index is 0.246. The van der Waals surface area contributed by atoms with Crippen LogP contribution in [0.1, 0.15) is 36.8 Å². The Balaban J connectivity index is 1.77. The van der Waals surface area contributed by atoms with Crippen molar-refractivity contribution in [2.24, 2.45) is 0 Å². The van der Waals surface area contributed by atoms with Gasteiger partial charge in [-0.25, -0.2) is 9.86 Å². The fraction of sp³-hybridized carbons (Fsp3) is 0.611. The average molecular weight is 372 g/mol. The number of urea groups is 1. The summed E-state index contributed by atoms with van der Waals surface area (Å²) >= 11 is 0. The van der Waals surface area contributed by atoms with Crippen LogP contribution in [-0.4, -0.2) is 44.0 Å². The third kappa shape index (κ3) is 4.29. The molecule has 2 aliphatic rings. The lowest BCUT2D eigenvalue weighted by Gasteiger charge is -2.39. The molecule has 3 rings (SSSR count). The highest BCUT2D eigenvalue weighted by Gasteiger charge is 2.38. The Morgan fingerprint density at radius 3 is 2.62 bits per heavy atom. The Morgan fingerprint density at radius 1 is 1.19 bits per heavy atom. The van der Waals surface area contributed by atoms with Crippen molar-refractivity contribution in [3.8, 4) is 0 Å². The molecule has 0 aliphatic carbocycles. The molecule has 0 unspecified atom stereocenters. The highest BCUT2D eigenvalue weighted by Crippen LogP contribution is 2.37. The maximum atomic E-state index is 13.1. The van der Waals surface area contributed by atoms with E-state index in [1.807, 2.05) is 0 Å². The van der Waals surface area contributed by atoms with E-state index in [2.05, 4.69) is 5.32 Å². The van der Waals surface area contributed by atoms with Gasteiger partial charge in [0.1, 0.15) is 0 Å². The number of amides is 2. The van der Waals surface area contributed by atoms with Crippen LogP contribution in [0.5, 0.6) is 0 Å². The summed E-state index contributed by atoms with van der Waals surface area (Å²) in [5.41, 5.74) is -0.674. The molecule has 0 aromatic heterocycles. The molecule has 0 bridgehead atoms. The number of alkyl halides is 3. The number of rotatable bonds is 3. The van der Waals surface area contributed by atoms with Gasteiger partial charge in [0.2, 0.25) is 0 Å². The minimum Gasteiger partial charge on any atom is -0.381 e. The topological polar surface area (TPSA) is 50.8 Å². The van der Waals surface area contributed by atoms with Crippen molar-refractivity contribution in [1.82, 2.24) is 10.4 Å². The number of hydrogen-bond donors (Lipinski definition) is 1. The first-order valence-electron chi connectivity index (χ1n) is 8.85. The molecule has 5 nitrogen and oxygen atoms in total. The SMILES string of the molecule is O=C(NCC1(c2cccc(C(F)(F)F)c2)CCOCC1)N1CCCCO1. The molecule has 1 N–H and O–H groups in total. The van der Waals surface area contributed by atoms with Gasteiger partial charge < -0.3 is 10.1 Å². The van der Waals surface area contributed by atoms with E-state index in [9.17, 15) is 18.0 Å². The van der Waals surface area contributed by atoms with Crippen LogP contribution in [0.15, 0.2) is 24.3 Å². The lowest BCUT2D eigenvalue weighted by Crippen LogP contribution is -2.49. The molecule has 0 spiro atoms. The quantitative estimate of drug-likeness (QED) is 0.884. The zero-order valence-electron chi connectivity index (χ0n) is 14.5. The van der Waals surface area contributed by atoms with Gasteiger partial charge in [-0.1, -0.05) is 18.2 Å². The van der Waals surface area contributed by atoms with Gasteiger partial charge in [-0.2, -0.15) is 13.2 Å². The Kier molecular flexibility index (Phi) is 5.72. The monoisotopic (exact) mass is 372 g/mol. The summed E-state index contributed by atoms with van der Waals surface area (Å²) in [7, 11) is 0. The van der Waals surface area contributed by atoms with E-state index < -0.39 is 17.2 Å². The molecule has 2 aliphatic heterocycles. The number of halogens is 3. The highest BCUT2D eigenvalue weighted by molar-refractivity contribution is 5.73. The van der Waals surface area contributed by atoms with Gasteiger partial charge in [0.25, 0.3) is 0 Å². The third-order valence-electron chi connectivity index (χ3n) is 5.06. The lowest BCUT2D eigenvalue weighted by molar-refractivity contribution is -0.139. The molecule has 2 amide bonds. The Labute approximate surface area is 150 Å². The van der Waals surface area contributed by atoms with E-state index in [4.69, 9.17) is 9.57 Å². The first kappa shape index (κ1) is 19.0. The smallest absolute Gasteiger partial charge is 0.381 e. The van der Waals surface area contributed by atoms with Crippen molar-refractivity contribution in [2.45, 2.75) is 37.3 Å².